The number of nitrogens with one attached hydrogen (secondary N) is 2. The highest BCUT2D eigenvalue weighted by Crippen LogP contribution is 2.25. The molecule has 1 aromatic carbocycles. The van der Waals surface area contributed by atoms with Crippen molar-refractivity contribution in [2.45, 2.75) is 6.04 Å². The number of carbonyl (C=O) groups excluding carboxylic acids is 2. The van der Waals surface area contributed by atoms with Crippen molar-refractivity contribution in [1.82, 2.24) is 10.3 Å². The molecule has 7 heteroatoms. The first-order valence-electron chi connectivity index (χ1n) is 7.52. The highest BCUT2D eigenvalue weighted by Gasteiger charge is 2.19. The summed E-state index contributed by atoms with van der Waals surface area (Å²) in [6.45, 7) is -0.371. The summed E-state index contributed by atoms with van der Waals surface area (Å²) < 4.78 is 5.02. The molecule has 0 aliphatic rings. The molecule has 0 aliphatic carbocycles. The molecule has 5 nitrogen and oxygen atoms in total. The molecule has 0 aliphatic heterocycles. The summed E-state index contributed by atoms with van der Waals surface area (Å²) in [7, 11) is 0. The van der Waals surface area contributed by atoms with Gasteiger partial charge in [0.1, 0.15) is 5.69 Å². The molecule has 0 bridgehead atoms. The zero-order chi connectivity index (χ0) is 17.6. The van der Waals surface area contributed by atoms with Crippen molar-refractivity contribution < 1.29 is 14.3 Å². The van der Waals surface area contributed by atoms with E-state index in [1.807, 2.05) is 47.8 Å². The Kier molecular flexibility index (Phi) is 5.53. The van der Waals surface area contributed by atoms with Crippen molar-refractivity contribution in [3.05, 3.63) is 81.3 Å². The predicted molar refractivity (Wildman–Crippen MR) is 96.8 cm³/mol. The Morgan fingerprint density at radius 2 is 2.00 bits per heavy atom. The van der Waals surface area contributed by atoms with E-state index >= 15 is 0 Å². The van der Waals surface area contributed by atoms with Gasteiger partial charge in [0, 0.05) is 11.1 Å². The third kappa shape index (κ3) is 4.49. The van der Waals surface area contributed by atoms with E-state index in [2.05, 4.69) is 10.3 Å². The van der Waals surface area contributed by atoms with Gasteiger partial charge in [-0.05, 0) is 23.1 Å². The fraction of sp³-hybridized carbons (Fsp3) is 0.111. The van der Waals surface area contributed by atoms with Crippen LogP contribution in [0.15, 0.2) is 60.1 Å². The SMILES string of the molecule is O=C(COC(=O)c1cc(Cl)c[nH]1)N[C@H](c1ccccc1)c1cccs1. The summed E-state index contributed by atoms with van der Waals surface area (Å²) in [5.41, 5.74) is 1.16. The van der Waals surface area contributed by atoms with Crippen LogP contribution in [0.2, 0.25) is 5.02 Å². The molecule has 3 rings (SSSR count). The standard InChI is InChI=1S/C18H15ClN2O3S/c19-13-9-14(20-10-13)18(23)24-11-16(22)21-17(15-7-4-8-25-15)12-5-2-1-3-6-12/h1-10,17,20H,11H2,(H,21,22)/t17-/m1/s1. The van der Waals surface area contributed by atoms with Gasteiger partial charge in [-0.3, -0.25) is 4.79 Å². The van der Waals surface area contributed by atoms with Crippen molar-refractivity contribution in [2.75, 3.05) is 6.61 Å². The molecule has 2 heterocycles. The maximum absolute atomic E-state index is 12.2. The minimum atomic E-state index is -0.630. The summed E-state index contributed by atoms with van der Waals surface area (Å²) in [6, 6.07) is 14.7. The van der Waals surface area contributed by atoms with Gasteiger partial charge in [-0.1, -0.05) is 48.0 Å². The maximum atomic E-state index is 12.2. The fourth-order valence-electron chi connectivity index (χ4n) is 2.32. The second kappa shape index (κ2) is 8.00. The van der Waals surface area contributed by atoms with Crippen LogP contribution < -0.4 is 5.32 Å². The van der Waals surface area contributed by atoms with Crippen molar-refractivity contribution >= 4 is 34.8 Å². The molecular formula is C18H15ClN2O3S. The number of hydrogen-bond acceptors (Lipinski definition) is 4. The van der Waals surface area contributed by atoms with Crippen LogP contribution in [-0.4, -0.2) is 23.5 Å². The van der Waals surface area contributed by atoms with Crippen LogP contribution in [0.3, 0.4) is 0 Å². The van der Waals surface area contributed by atoms with E-state index in [9.17, 15) is 9.59 Å². The van der Waals surface area contributed by atoms with Crippen molar-refractivity contribution in [2.24, 2.45) is 0 Å². The van der Waals surface area contributed by atoms with Crippen LogP contribution in [0.4, 0.5) is 0 Å². The molecule has 2 aromatic heterocycles. The Labute approximate surface area is 153 Å². The molecule has 0 radical (unpaired) electrons. The zero-order valence-electron chi connectivity index (χ0n) is 13.1. The second-order valence-corrected chi connectivity index (χ2v) is 6.65. The molecular weight excluding hydrogens is 360 g/mol. The first-order chi connectivity index (χ1) is 12.1. The smallest absolute Gasteiger partial charge is 0.355 e. The van der Waals surface area contributed by atoms with Crippen LogP contribution in [0.5, 0.6) is 0 Å². The van der Waals surface area contributed by atoms with Crippen LogP contribution >= 0.6 is 22.9 Å². The monoisotopic (exact) mass is 374 g/mol. The van der Waals surface area contributed by atoms with Gasteiger partial charge in [-0.2, -0.15) is 0 Å². The highest BCUT2D eigenvalue weighted by atomic mass is 35.5. The number of carbonyl (C=O) groups is 2. The molecule has 1 amide bonds. The number of esters is 1. The van der Waals surface area contributed by atoms with Crippen molar-refractivity contribution in [1.29, 1.82) is 0 Å². The third-order valence-corrected chi connectivity index (χ3v) is 4.62. The van der Waals surface area contributed by atoms with Gasteiger partial charge in [0.05, 0.1) is 11.1 Å². The van der Waals surface area contributed by atoms with Crippen molar-refractivity contribution in [3.8, 4) is 0 Å². The normalized spacial score (nSPS) is 11.7. The number of amides is 1. The minimum absolute atomic E-state index is 0.204. The van der Waals surface area contributed by atoms with E-state index in [-0.39, 0.29) is 24.2 Å². The van der Waals surface area contributed by atoms with Gasteiger partial charge in [-0.15, -0.1) is 11.3 Å². The van der Waals surface area contributed by atoms with E-state index in [1.54, 1.807) is 11.3 Å². The number of H-pyrrole nitrogens is 1. The van der Waals surface area contributed by atoms with E-state index in [0.29, 0.717) is 5.02 Å². The van der Waals surface area contributed by atoms with Crippen LogP contribution in [0.25, 0.3) is 0 Å². The lowest BCUT2D eigenvalue weighted by Crippen LogP contribution is -2.32. The Bertz CT molecular complexity index is 846. The van der Waals surface area contributed by atoms with E-state index < -0.39 is 5.97 Å². The number of thiophene rings is 1. The van der Waals surface area contributed by atoms with Crippen LogP contribution in [0.1, 0.15) is 27.0 Å². The number of ether oxygens (including phenoxy) is 1. The molecule has 0 saturated heterocycles. The number of rotatable bonds is 6. The van der Waals surface area contributed by atoms with Gasteiger partial charge in [0.2, 0.25) is 0 Å². The summed E-state index contributed by atoms with van der Waals surface area (Å²) in [4.78, 5) is 27.8. The summed E-state index contributed by atoms with van der Waals surface area (Å²) >= 11 is 7.29. The summed E-state index contributed by atoms with van der Waals surface area (Å²) in [5.74, 6) is -1.01. The van der Waals surface area contributed by atoms with Gasteiger partial charge in [0.15, 0.2) is 6.61 Å². The molecule has 128 valence electrons. The van der Waals surface area contributed by atoms with Gasteiger partial charge < -0.3 is 15.0 Å². The second-order valence-electron chi connectivity index (χ2n) is 5.23. The average Bonchev–Trinajstić information content (AvgIpc) is 3.30. The number of benzene rings is 1. The van der Waals surface area contributed by atoms with Gasteiger partial charge in [0.25, 0.3) is 5.91 Å². The molecule has 0 saturated carbocycles. The van der Waals surface area contributed by atoms with Gasteiger partial charge in [-0.25, -0.2) is 4.79 Å². The lowest BCUT2D eigenvalue weighted by molar-refractivity contribution is -0.124. The molecule has 0 unspecified atom stereocenters. The van der Waals surface area contributed by atoms with Gasteiger partial charge >= 0.3 is 5.97 Å². The maximum Gasteiger partial charge on any atom is 0.355 e. The van der Waals surface area contributed by atoms with E-state index in [1.165, 1.54) is 12.3 Å². The Hall–Kier alpha value is -2.57. The quantitative estimate of drug-likeness (QED) is 0.645. The molecule has 25 heavy (non-hydrogen) atoms. The molecule has 3 aromatic rings. The Morgan fingerprint density at radius 3 is 2.64 bits per heavy atom. The molecule has 1 atom stereocenters. The lowest BCUT2D eigenvalue weighted by Gasteiger charge is -2.18. The number of hydrogen-bond donors (Lipinski definition) is 2. The average molecular weight is 375 g/mol. The largest absolute Gasteiger partial charge is 0.451 e. The van der Waals surface area contributed by atoms with Crippen molar-refractivity contribution in [3.63, 3.8) is 0 Å². The van der Waals surface area contributed by atoms with Crippen LogP contribution in [-0.2, 0) is 9.53 Å². The molecule has 0 spiro atoms. The topological polar surface area (TPSA) is 71.2 Å². The number of aromatic amines is 1. The first kappa shape index (κ1) is 17.3. The summed E-state index contributed by atoms with van der Waals surface area (Å²) in [6.07, 6.45) is 1.47. The first-order valence-corrected chi connectivity index (χ1v) is 8.78. The molecule has 0 fully saturated rings. The van der Waals surface area contributed by atoms with E-state index in [4.69, 9.17) is 16.3 Å². The van der Waals surface area contributed by atoms with Crippen LogP contribution in [0, 0.1) is 0 Å². The summed E-state index contributed by atoms with van der Waals surface area (Å²) in [5, 5.41) is 5.26. The fourth-order valence-corrected chi connectivity index (χ4v) is 3.28. The predicted octanol–water partition coefficient (Wildman–Crippen LogP) is 3.79. The Morgan fingerprint density at radius 1 is 1.20 bits per heavy atom. The minimum Gasteiger partial charge on any atom is -0.451 e. The molecule has 2 N–H and O–H groups in total. The lowest BCUT2D eigenvalue weighted by atomic mass is 10.1. The Balaban J connectivity index is 1.64. The number of halogens is 1. The highest BCUT2D eigenvalue weighted by molar-refractivity contribution is 7.10. The number of aromatic nitrogens is 1. The zero-order valence-corrected chi connectivity index (χ0v) is 14.6. The van der Waals surface area contributed by atoms with E-state index in [0.717, 1.165) is 10.4 Å². The third-order valence-electron chi connectivity index (χ3n) is 3.47.